The third-order valence-corrected chi connectivity index (χ3v) is 3.75. The Kier molecular flexibility index (Phi) is 4.90. The second-order valence-corrected chi connectivity index (χ2v) is 5.61. The van der Waals surface area contributed by atoms with Gasteiger partial charge in [0.05, 0.1) is 18.4 Å². The van der Waals surface area contributed by atoms with Crippen LogP contribution in [-0.2, 0) is 13.0 Å². The predicted molar refractivity (Wildman–Crippen MR) is 90.3 cm³/mol. The smallest absolute Gasteiger partial charge is 0.287 e. The van der Waals surface area contributed by atoms with Crippen LogP contribution < -0.4 is 10.9 Å². The molecule has 3 aromatic rings. The van der Waals surface area contributed by atoms with Gasteiger partial charge in [-0.25, -0.2) is 4.68 Å². The number of rotatable bonds is 6. The lowest BCUT2D eigenvalue weighted by atomic mass is 10.2. The van der Waals surface area contributed by atoms with Crippen molar-refractivity contribution in [1.29, 1.82) is 0 Å². The summed E-state index contributed by atoms with van der Waals surface area (Å²) in [5, 5.41) is 11.1. The zero-order chi connectivity index (χ0) is 16.9. The molecule has 0 aliphatic heterocycles. The van der Waals surface area contributed by atoms with Gasteiger partial charge in [-0.1, -0.05) is 47.1 Å². The minimum Gasteiger partial charge on any atom is -0.382 e. The molecule has 2 heterocycles. The first-order valence-corrected chi connectivity index (χ1v) is 7.84. The molecule has 0 saturated carbocycles. The van der Waals surface area contributed by atoms with Gasteiger partial charge in [0.2, 0.25) is 5.89 Å². The van der Waals surface area contributed by atoms with Crippen LogP contribution >= 0.6 is 11.6 Å². The number of halogens is 1. The number of aromatic nitrogens is 4. The second kappa shape index (κ2) is 7.27. The average Bonchev–Trinajstić information content (AvgIpc) is 3.00. The van der Waals surface area contributed by atoms with E-state index in [1.54, 1.807) is 13.1 Å². The summed E-state index contributed by atoms with van der Waals surface area (Å²) < 4.78 is 6.36. The molecule has 7 nitrogen and oxygen atoms in total. The molecule has 0 fully saturated rings. The first kappa shape index (κ1) is 16.2. The molecule has 3 rings (SSSR count). The van der Waals surface area contributed by atoms with Crippen molar-refractivity contribution in [2.75, 3.05) is 11.9 Å². The van der Waals surface area contributed by atoms with Gasteiger partial charge in [0.25, 0.3) is 5.56 Å². The quantitative estimate of drug-likeness (QED) is 0.737. The van der Waals surface area contributed by atoms with E-state index in [1.165, 1.54) is 4.68 Å². The Hall–Kier alpha value is -2.67. The maximum atomic E-state index is 12.3. The number of nitrogens with zero attached hydrogens (tertiary/aromatic N) is 4. The maximum absolute atomic E-state index is 12.3. The summed E-state index contributed by atoms with van der Waals surface area (Å²) in [5.74, 6) is 1.12. The van der Waals surface area contributed by atoms with Crippen LogP contribution in [-0.4, -0.2) is 26.5 Å². The highest BCUT2D eigenvalue weighted by Crippen LogP contribution is 2.15. The lowest BCUT2D eigenvalue weighted by Gasteiger charge is -2.09. The van der Waals surface area contributed by atoms with E-state index >= 15 is 0 Å². The zero-order valence-electron chi connectivity index (χ0n) is 13.1. The maximum Gasteiger partial charge on any atom is 0.287 e. The van der Waals surface area contributed by atoms with Crippen molar-refractivity contribution in [3.8, 4) is 0 Å². The van der Waals surface area contributed by atoms with Gasteiger partial charge in [-0.15, -0.1) is 0 Å². The van der Waals surface area contributed by atoms with E-state index in [0.717, 1.165) is 5.56 Å². The Bertz CT molecular complexity index is 876. The van der Waals surface area contributed by atoms with Gasteiger partial charge in [-0.05, 0) is 12.5 Å². The van der Waals surface area contributed by atoms with E-state index in [9.17, 15) is 4.79 Å². The van der Waals surface area contributed by atoms with Crippen LogP contribution in [0, 0.1) is 6.92 Å². The van der Waals surface area contributed by atoms with E-state index < -0.39 is 0 Å². The van der Waals surface area contributed by atoms with Crippen molar-refractivity contribution in [3.63, 3.8) is 0 Å². The highest BCUT2D eigenvalue weighted by Gasteiger charge is 2.10. The largest absolute Gasteiger partial charge is 0.382 e. The van der Waals surface area contributed by atoms with Gasteiger partial charge in [0.15, 0.2) is 5.82 Å². The lowest BCUT2D eigenvalue weighted by molar-refractivity contribution is 0.377. The normalized spacial score (nSPS) is 10.8. The number of hydrogen-bond acceptors (Lipinski definition) is 6. The van der Waals surface area contributed by atoms with Crippen LogP contribution in [0.2, 0.25) is 5.02 Å². The van der Waals surface area contributed by atoms with Gasteiger partial charge >= 0.3 is 0 Å². The minimum atomic E-state index is -0.334. The van der Waals surface area contributed by atoms with E-state index in [-0.39, 0.29) is 10.6 Å². The molecule has 0 amide bonds. The minimum absolute atomic E-state index is 0.114. The van der Waals surface area contributed by atoms with Crippen LogP contribution in [0.5, 0.6) is 0 Å². The van der Waals surface area contributed by atoms with Gasteiger partial charge in [-0.3, -0.25) is 4.79 Å². The Morgan fingerprint density at radius 3 is 2.79 bits per heavy atom. The van der Waals surface area contributed by atoms with Crippen LogP contribution in [0.4, 0.5) is 5.69 Å². The van der Waals surface area contributed by atoms with Crippen LogP contribution in [0.25, 0.3) is 0 Å². The van der Waals surface area contributed by atoms with Crippen molar-refractivity contribution in [2.45, 2.75) is 19.9 Å². The standard InChI is InChI=1S/C16H16ClN5O2/c1-11-20-14(24-21-11)7-8-18-13-9-19-22(16(23)15(13)17)10-12-5-3-2-4-6-12/h2-6,9,18H,7-8,10H2,1H3. The Balaban J connectivity index is 1.67. The van der Waals surface area contributed by atoms with Crippen molar-refractivity contribution in [1.82, 2.24) is 19.9 Å². The van der Waals surface area contributed by atoms with Crippen LogP contribution in [0.15, 0.2) is 45.8 Å². The number of hydrogen-bond donors (Lipinski definition) is 1. The molecular formula is C16H16ClN5O2. The second-order valence-electron chi connectivity index (χ2n) is 5.23. The topological polar surface area (TPSA) is 85.8 Å². The van der Waals surface area contributed by atoms with Crippen molar-refractivity contribution in [3.05, 3.63) is 69.2 Å². The third-order valence-electron chi connectivity index (χ3n) is 3.38. The summed E-state index contributed by atoms with van der Waals surface area (Å²) >= 11 is 6.16. The molecule has 0 spiro atoms. The van der Waals surface area contributed by atoms with E-state index in [2.05, 4.69) is 20.6 Å². The molecule has 0 atom stereocenters. The molecular weight excluding hydrogens is 330 g/mol. The Morgan fingerprint density at radius 1 is 1.29 bits per heavy atom. The molecule has 0 unspecified atom stereocenters. The lowest BCUT2D eigenvalue weighted by Crippen LogP contribution is -2.25. The van der Waals surface area contributed by atoms with E-state index in [1.807, 2.05) is 30.3 Å². The molecule has 1 N–H and O–H groups in total. The highest BCUT2D eigenvalue weighted by atomic mass is 35.5. The average molecular weight is 346 g/mol. The first-order chi connectivity index (χ1) is 11.6. The van der Waals surface area contributed by atoms with E-state index in [0.29, 0.717) is 36.9 Å². The number of nitrogens with one attached hydrogen (secondary N) is 1. The number of benzene rings is 1. The molecule has 8 heteroatoms. The van der Waals surface area contributed by atoms with Gasteiger partial charge in [0.1, 0.15) is 5.02 Å². The molecule has 0 aliphatic rings. The van der Waals surface area contributed by atoms with E-state index in [4.69, 9.17) is 16.1 Å². The third kappa shape index (κ3) is 3.80. The van der Waals surface area contributed by atoms with Gasteiger partial charge < -0.3 is 9.84 Å². The number of aryl methyl sites for hydroxylation is 1. The summed E-state index contributed by atoms with van der Waals surface area (Å²) in [4.78, 5) is 16.4. The first-order valence-electron chi connectivity index (χ1n) is 7.46. The predicted octanol–water partition coefficient (Wildman–Crippen LogP) is 2.29. The summed E-state index contributed by atoms with van der Waals surface area (Å²) in [7, 11) is 0. The molecule has 1 aromatic carbocycles. The molecule has 24 heavy (non-hydrogen) atoms. The Labute approximate surface area is 143 Å². The van der Waals surface area contributed by atoms with Crippen LogP contribution in [0.3, 0.4) is 0 Å². The molecule has 124 valence electrons. The van der Waals surface area contributed by atoms with Crippen molar-refractivity contribution in [2.24, 2.45) is 0 Å². The van der Waals surface area contributed by atoms with Gasteiger partial charge in [-0.2, -0.15) is 10.1 Å². The molecule has 0 bridgehead atoms. The van der Waals surface area contributed by atoms with Crippen molar-refractivity contribution >= 4 is 17.3 Å². The fraction of sp³-hybridized carbons (Fsp3) is 0.250. The fourth-order valence-electron chi connectivity index (χ4n) is 2.20. The SMILES string of the molecule is Cc1noc(CCNc2cnn(Cc3ccccc3)c(=O)c2Cl)n1. The van der Waals surface area contributed by atoms with Crippen molar-refractivity contribution < 1.29 is 4.52 Å². The molecule has 0 aliphatic carbocycles. The van der Waals surface area contributed by atoms with Gasteiger partial charge in [0, 0.05) is 13.0 Å². The van der Waals surface area contributed by atoms with Crippen LogP contribution in [0.1, 0.15) is 17.3 Å². The summed E-state index contributed by atoms with van der Waals surface area (Å²) in [6.07, 6.45) is 2.08. The molecule has 0 radical (unpaired) electrons. The highest BCUT2D eigenvalue weighted by molar-refractivity contribution is 6.32. The Morgan fingerprint density at radius 2 is 2.08 bits per heavy atom. The fourth-order valence-corrected chi connectivity index (χ4v) is 2.42. The molecule has 2 aromatic heterocycles. The summed E-state index contributed by atoms with van der Waals surface area (Å²) in [6, 6.07) is 9.61. The number of anilines is 1. The summed E-state index contributed by atoms with van der Waals surface area (Å²) in [5.41, 5.74) is 1.14. The zero-order valence-corrected chi connectivity index (χ0v) is 13.8. The summed E-state index contributed by atoms with van der Waals surface area (Å²) in [6.45, 7) is 2.64. The molecule has 0 saturated heterocycles. The monoisotopic (exact) mass is 345 g/mol.